The lowest BCUT2D eigenvalue weighted by molar-refractivity contribution is -0.151. The number of piperazine rings is 1. The molecule has 65 heavy (non-hydrogen) atoms. The number of aliphatic hydroxyl groups is 1. The SMILES string of the molecule is CC[C@H](O[Si](CC)(CC)CC)[C@@H](C)[C@H]1O[C@@H]1C[C@](C)(/C=C/C=C(\C)[C@H]1OC(=O)C[C@H](O[Si](CC)(CC)CC)CC[C@@](C)(O)[C@@H](OC(=O)N2CCNCC2)/C=C/[C@@H]1C)O[Si](CC)(CC)CC. The minimum Gasteiger partial charge on any atom is -0.457 e. The number of esters is 1. The molecule has 376 valence electrons. The van der Waals surface area contributed by atoms with E-state index >= 15 is 0 Å². The minimum absolute atomic E-state index is 0.0777. The number of carbonyl (C=O) groups is 2. The summed E-state index contributed by atoms with van der Waals surface area (Å²) in [7, 11) is -5.96. The lowest BCUT2D eigenvalue weighted by atomic mass is 9.88. The van der Waals surface area contributed by atoms with Crippen LogP contribution < -0.4 is 5.32 Å². The highest BCUT2D eigenvalue weighted by Crippen LogP contribution is 2.43. The molecule has 0 spiro atoms. The van der Waals surface area contributed by atoms with Crippen molar-refractivity contribution in [3.8, 4) is 0 Å². The van der Waals surface area contributed by atoms with Gasteiger partial charge < -0.3 is 42.8 Å². The van der Waals surface area contributed by atoms with Gasteiger partial charge in [-0.25, -0.2) is 4.79 Å². The average Bonchev–Trinajstić information content (AvgIpc) is 4.08. The Kier molecular flexibility index (Phi) is 23.4. The second kappa shape index (κ2) is 26.4. The number of nitrogens with zero attached hydrogens (tertiary/aromatic N) is 1. The van der Waals surface area contributed by atoms with E-state index in [0.717, 1.165) is 72.8 Å². The molecule has 2 N–H and O–H groups in total. The molecule has 3 rings (SSSR count). The van der Waals surface area contributed by atoms with Gasteiger partial charge in [-0.2, -0.15) is 0 Å². The van der Waals surface area contributed by atoms with Gasteiger partial charge in [0.2, 0.25) is 0 Å². The summed E-state index contributed by atoms with van der Waals surface area (Å²) in [5, 5.41) is 15.4. The molecule has 2 fully saturated rings. The molecule has 0 aromatic carbocycles. The molecule has 0 radical (unpaired) electrons. The van der Waals surface area contributed by atoms with Gasteiger partial charge in [0, 0.05) is 50.5 Å². The van der Waals surface area contributed by atoms with Crippen molar-refractivity contribution >= 4 is 37.0 Å². The van der Waals surface area contributed by atoms with Crippen LogP contribution in [0.1, 0.15) is 136 Å². The number of hydrogen-bond donors (Lipinski definition) is 2. The van der Waals surface area contributed by atoms with Gasteiger partial charge in [-0.3, -0.25) is 4.79 Å². The topological polar surface area (TPSA) is 128 Å². The van der Waals surface area contributed by atoms with Gasteiger partial charge in [-0.05, 0) is 106 Å². The van der Waals surface area contributed by atoms with Gasteiger partial charge in [0.05, 0.1) is 30.3 Å². The van der Waals surface area contributed by atoms with E-state index in [2.05, 4.69) is 107 Å². The summed E-state index contributed by atoms with van der Waals surface area (Å²) in [4.78, 5) is 29.2. The highest BCUT2D eigenvalue weighted by Gasteiger charge is 2.51. The first-order chi connectivity index (χ1) is 30.8. The fraction of sp³-hybridized carbons (Fsp3) is 0.843. The first-order valence-electron chi connectivity index (χ1n) is 26.1. The quantitative estimate of drug-likeness (QED) is 0.0317. The summed E-state index contributed by atoms with van der Waals surface area (Å²) in [5.41, 5.74) is -1.09. The van der Waals surface area contributed by atoms with Crippen LogP contribution in [0.2, 0.25) is 54.4 Å². The van der Waals surface area contributed by atoms with Crippen molar-refractivity contribution < 1.29 is 42.2 Å². The monoisotopic (exact) mass is 965 g/mol. The zero-order valence-electron chi connectivity index (χ0n) is 43.9. The first-order valence-corrected chi connectivity index (χ1v) is 33.7. The van der Waals surface area contributed by atoms with E-state index in [1.54, 1.807) is 17.9 Å². The number of nitrogens with one attached hydrogen (secondary N) is 1. The predicted molar refractivity (Wildman–Crippen MR) is 274 cm³/mol. The summed E-state index contributed by atoms with van der Waals surface area (Å²) in [6, 6.07) is 9.33. The van der Waals surface area contributed by atoms with Crippen LogP contribution in [-0.4, -0.2) is 121 Å². The summed E-state index contributed by atoms with van der Waals surface area (Å²) in [6.45, 7) is 35.2. The molecule has 14 heteroatoms. The number of ether oxygens (including phenoxy) is 3. The van der Waals surface area contributed by atoms with E-state index in [0.29, 0.717) is 32.6 Å². The molecule has 0 unspecified atom stereocenters. The van der Waals surface area contributed by atoms with Crippen molar-refractivity contribution in [3.05, 3.63) is 36.0 Å². The first kappa shape index (κ1) is 57.7. The third-order valence-electron chi connectivity index (χ3n) is 16.0. The van der Waals surface area contributed by atoms with E-state index < -0.39 is 60.6 Å². The third-order valence-corrected chi connectivity index (χ3v) is 30.1. The minimum atomic E-state index is -2.14. The van der Waals surface area contributed by atoms with Crippen molar-refractivity contribution in [2.45, 2.75) is 238 Å². The number of carbonyl (C=O) groups excluding carboxylic acids is 2. The van der Waals surface area contributed by atoms with Gasteiger partial charge in [0.15, 0.2) is 31.1 Å². The summed E-state index contributed by atoms with van der Waals surface area (Å²) < 4.78 is 40.5. The number of hydrogen-bond acceptors (Lipinski definition) is 10. The molecule has 3 heterocycles. The Bertz CT molecular complexity index is 1520. The second-order valence-electron chi connectivity index (χ2n) is 20.2. The molecule has 11 nitrogen and oxygen atoms in total. The predicted octanol–water partition coefficient (Wildman–Crippen LogP) is 11.7. The van der Waals surface area contributed by atoms with E-state index in [1.807, 2.05) is 19.9 Å². The Morgan fingerprint density at radius 3 is 2.05 bits per heavy atom. The highest BCUT2D eigenvalue weighted by atomic mass is 28.4. The maximum Gasteiger partial charge on any atom is 0.410 e. The van der Waals surface area contributed by atoms with Crippen LogP contribution in [0.15, 0.2) is 36.0 Å². The van der Waals surface area contributed by atoms with Crippen LogP contribution in [0.3, 0.4) is 0 Å². The van der Waals surface area contributed by atoms with Crippen molar-refractivity contribution in [3.63, 3.8) is 0 Å². The van der Waals surface area contributed by atoms with Crippen LogP contribution in [0, 0.1) is 11.8 Å². The number of epoxide rings is 1. The van der Waals surface area contributed by atoms with E-state index in [9.17, 15) is 14.7 Å². The van der Waals surface area contributed by atoms with E-state index in [4.69, 9.17) is 27.5 Å². The van der Waals surface area contributed by atoms with Crippen molar-refractivity contribution in [2.24, 2.45) is 11.8 Å². The maximum atomic E-state index is 14.0. The van der Waals surface area contributed by atoms with Gasteiger partial charge in [0.1, 0.15) is 11.7 Å². The summed E-state index contributed by atoms with van der Waals surface area (Å²) >= 11 is 0. The van der Waals surface area contributed by atoms with Crippen molar-refractivity contribution in [1.82, 2.24) is 10.2 Å². The van der Waals surface area contributed by atoms with E-state index in [-0.39, 0.29) is 49.0 Å². The lowest BCUT2D eigenvalue weighted by Gasteiger charge is -2.39. The third kappa shape index (κ3) is 16.2. The normalized spacial score (nSPS) is 29.0. The van der Waals surface area contributed by atoms with E-state index in [1.165, 1.54) is 0 Å². The molecule has 0 bridgehead atoms. The highest BCUT2D eigenvalue weighted by molar-refractivity contribution is 6.74. The van der Waals surface area contributed by atoms with Gasteiger partial charge >= 0.3 is 12.1 Å². The molecule has 3 aliphatic rings. The Labute approximate surface area is 400 Å². The molecule has 10 atom stereocenters. The Morgan fingerprint density at radius 2 is 1.51 bits per heavy atom. The molecular formula is C51H96N2O9Si3. The molecule has 0 saturated carbocycles. The molecule has 0 aliphatic carbocycles. The standard InChI is InChI=1S/C51H96N2O9Si3/c1-16-43(61-64(20-5,21-6)22-7)41(13)48-44(57-48)38-50(14,62-65(23-8,24-9)25-10)31-26-27-39(11)47-40(12)28-29-45(58-49(55)53-35-33-52-34-36-53)51(15,56)32-30-42(37-46(54)59-47)60-63(17-2,18-3)19-4/h26-29,31,40-45,47-48,52,56H,16-25,30,32-38H2,1-15H3/b29-28+,31-26+,39-27+/t40-,41+,42+,43-,44+,45-,47+,48+,50-,51+/m0/s1. The Hall–Kier alpha value is -1.63. The van der Waals surface area contributed by atoms with Crippen LogP contribution in [0.4, 0.5) is 4.79 Å². The van der Waals surface area contributed by atoms with Gasteiger partial charge in [0.25, 0.3) is 0 Å². The van der Waals surface area contributed by atoms with Crippen LogP contribution >= 0.6 is 0 Å². The molecular weight excluding hydrogens is 869 g/mol. The van der Waals surface area contributed by atoms with Crippen molar-refractivity contribution in [2.75, 3.05) is 26.2 Å². The summed E-state index contributed by atoms with van der Waals surface area (Å²) in [6.07, 6.45) is 10.6. The molecule has 0 aromatic rings. The molecule has 0 aromatic heterocycles. The number of allylic oxidation sites excluding steroid dienone is 2. The largest absolute Gasteiger partial charge is 0.457 e. The molecule has 1 amide bonds. The zero-order chi connectivity index (χ0) is 48.6. The summed E-state index contributed by atoms with van der Waals surface area (Å²) in [5.74, 6) is -0.334. The van der Waals surface area contributed by atoms with Crippen LogP contribution in [0.25, 0.3) is 0 Å². The van der Waals surface area contributed by atoms with Crippen LogP contribution in [-0.2, 0) is 32.3 Å². The fourth-order valence-corrected chi connectivity index (χ4v) is 19.3. The van der Waals surface area contributed by atoms with Gasteiger partial charge in [-0.15, -0.1) is 0 Å². The Balaban J connectivity index is 2.00. The van der Waals surface area contributed by atoms with Crippen molar-refractivity contribution in [1.29, 1.82) is 0 Å². The molecule has 2 saturated heterocycles. The number of amides is 1. The molecule has 3 aliphatic heterocycles. The fourth-order valence-electron chi connectivity index (χ4n) is 10.3. The second-order valence-corrected chi connectivity index (χ2v) is 34.4. The average molecular weight is 966 g/mol. The van der Waals surface area contributed by atoms with Crippen LogP contribution in [0.5, 0.6) is 0 Å². The maximum absolute atomic E-state index is 14.0. The number of rotatable bonds is 24. The Morgan fingerprint density at radius 1 is 0.938 bits per heavy atom. The number of cyclic esters (lactones) is 1. The smallest absolute Gasteiger partial charge is 0.410 e. The lowest BCUT2D eigenvalue weighted by Crippen LogP contribution is -2.50. The van der Waals surface area contributed by atoms with Gasteiger partial charge in [-0.1, -0.05) is 107 Å². The zero-order valence-corrected chi connectivity index (χ0v) is 46.9.